The number of pyridine rings is 1. The molecule has 0 aliphatic carbocycles. The van der Waals surface area contributed by atoms with E-state index in [0.29, 0.717) is 23.6 Å². The van der Waals surface area contributed by atoms with E-state index in [0.717, 1.165) is 0 Å². The Morgan fingerprint density at radius 1 is 0.939 bits per heavy atom. The van der Waals surface area contributed by atoms with Gasteiger partial charge in [-0.05, 0) is 37.3 Å². The molecular weight excluding hydrogens is 454 g/mol. The molecule has 0 spiro atoms. The maximum atomic E-state index is 13.1. The monoisotopic (exact) mass is 470 g/mol. The van der Waals surface area contributed by atoms with Crippen molar-refractivity contribution < 1.29 is 35.9 Å². The van der Waals surface area contributed by atoms with Gasteiger partial charge in [0.25, 0.3) is 5.91 Å². The van der Waals surface area contributed by atoms with Crippen molar-refractivity contribution in [2.45, 2.75) is 25.3 Å². The number of amides is 1. The second kappa shape index (κ2) is 9.04. The SMILES string of the molecule is COc1ccc(-c2nccnc2C(C)NC(=O)c2cc(C(F)(F)F)cc(C(F)(F)F)c2)nc1. The molecule has 0 fully saturated rings. The number of alkyl halides is 6. The third-order valence-electron chi connectivity index (χ3n) is 4.55. The molecule has 0 saturated carbocycles. The van der Waals surface area contributed by atoms with Crippen LogP contribution in [0.4, 0.5) is 26.3 Å². The van der Waals surface area contributed by atoms with Crippen molar-refractivity contribution in [2.75, 3.05) is 7.11 Å². The Kier molecular flexibility index (Phi) is 6.56. The minimum atomic E-state index is -5.07. The van der Waals surface area contributed by atoms with Gasteiger partial charge in [-0.25, -0.2) is 0 Å². The van der Waals surface area contributed by atoms with Crippen molar-refractivity contribution in [3.05, 3.63) is 71.3 Å². The minimum absolute atomic E-state index is 0.0453. The van der Waals surface area contributed by atoms with Gasteiger partial charge in [-0.3, -0.25) is 19.7 Å². The summed E-state index contributed by atoms with van der Waals surface area (Å²) in [5.41, 5.74) is -3.11. The van der Waals surface area contributed by atoms with E-state index >= 15 is 0 Å². The number of carbonyl (C=O) groups is 1. The van der Waals surface area contributed by atoms with Crippen LogP contribution in [0.5, 0.6) is 5.75 Å². The molecule has 2 aromatic heterocycles. The summed E-state index contributed by atoms with van der Waals surface area (Å²) in [5, 5.41) is 2.37. The van der Waals surface area contributed by atoms with Crippen LogP contribution in [-0.2, 0) is 12.4 Å². The lowest BCUT2D eigenvalue weighted by Gasteiger charge is -2.18. The van der Waals surface area contributed by atoms with Gasteiger partial charge in [0.1, 0.15) is 11.4 Å². The highest BCUT2D eigenvalue weighted by Crippen LogP contribution is 2.36. The largest absolute Gasteiger partial charge is 0.495 e. The van der Waals surface area contributed by atoms with E-state index in [4.69, 9.17) is 4.74 Å². The van der Waals surface area contributed by atoms with Crippen LogP contribution in [0.3, 0.4) is 0 Å². The number of ether oxygens (including phenoxy) is 1. The molecule has 1 amide bonds. The predicted octanol–water partition coefficient (Wildman–Crippen LogP) is 5.08. The molecule has 33 heavy (non-hydrogen) atoms. The number of aromatic nitrogens is 3. The number of nitrogens with one attached hydrogen (secondary N) is 1. The first-order chi connectivity index (χ1) is 15.4. The molecule has 0 radical (unpaired) electrons. The van der Waals surface area contributed by atoms with Gasteiger partial charge in [0.15, 0.2) is 0 Å². The molecule has 2 heterocycles. The maximum absolute atomic E-state index is 13.1. The van der Waals surface area contributed by atoms with E-state index in [-0.39, 0.29) is 17.5 Å². The van der Waals surface area contributed by atoms with Crippen LogP contribution in [0, 0.1) is 0 Å². The predicted molar refractivity (Wildman–Crippen MR) is 104 cm³/mol. The van der Waals surface area contributed by atoms with Gasteiger partial charge in [-0.15, -0.1) is 0 Å². The summed E-state index contributed by atoms with van der Waals surface area (Å²) >= 11 is 0. The average molecular weight is 470 g/mol. The number of benzene rings is 1. The van der Waals surface area contributed by atoms with E-state index in [2.05, 4.69) is 20.3 Å². The van der Waals surface area contributed by atoms with E-state index in [1.165, 1.54) is 32.6 Å². The molecule has 3 aromatic rings. The second-order valence-electron chi connectivity index (χ2n) is 6.86. The van der Waals surface area contributed by atoms with E-state index in [9.17, 15) is 31.1 Å². The topological polar surface area (TPSA) is 77.0 Å². The molecule has 0 saturated heterocycles. The number of carbonyl (C=O) groups excluding carboxylic acids is 1. The molecular formula is C21H16F6N4O2. The van der Waals surface area contributed by atoms with Gasteiger partial charge in [-0.1, -0.05) is 0 Å². The summed E-state index contributed by atoms with van der Waals surface area (Å²) in [7, 11) is 1.46. The fourth-order valence-corrected chi connectivity index (χ4v) is 2.94. The lowest BCUT2D eigenvalue weighted by Crippen LogP contribution is -2.28. The third-order valence-corrected chi connectivity index (χ3v) is 4.55. The standard InChI is InChI=1S/C21H16F6N4O2/c1-11(17-18(29-6-5-28-17)16-4-3-15(33-2)10-30-16)31-19(32)12-7-13(20(22,23)24)9-14(8-12)21(25,26)27/h3-11H,1-2H3,(H,31,32). The quantitative estimate of drug-likeness (QED) is 0.527. The average Bonchev–Trinajstić information content (AvgIpc) is 2.77. The van der Waals surface area contributed by atoms with E-state index in [1.807, 2.05) is 0 Å². The van der Waals surface area contributed by atoms with Crippen LogP contribution in [0.15, 0.2) is 48.9 Å². The highest BCUT2D eigenvalue weighted by Gasteiger charge is 2.37. The summed E-state index contributed by atoms with van der Waals surface area (Å²) in [6.07, 6.45) is -6.00. The zero-order valence-corrected chi connectivity index (χ0v) is 17.1. The first-order valence-electron chi connectivity index (χ1n) is 9.32. The molecule has 3 rings (SSSR count). The lowest BCUT2D eigenvalue weighted by atomic mass is 10.0. The smallest absolute Gasteiger partial charge is 0.416 e. The Morgan fingerprint density at radius 3 is 2.06 bits per heavy atom. The normalized spacial score (nSPS) is 12.8. The highest BCUT2D eigenvalue weighted by molar-refractivity contribution is 5.95. The summed E-state index contributed by atoms with van der Waals surface area (Å²) in [6.45, 7) is 1.47. The number of methoxy groups -OCH3 is 1. The minimum Gasteiger partial charge on any atom is -0.495 e. The Labute approximate surface area is 183 Å². The van der Waals surface area contributed by atoms with Crippen LogP contribution in [0.2, 0.25) is 0 Å². The summed E-state index contributed by atoms with van der Waals surface area (Å²) < 4.78 is 83.6. The van der Waals surface area contributed by atoms with Crippen molar-refractivity contribution in [1.29, 1.82) is 0 Å². The summed E-state index contributed by atoms with van der Waals surface area (Å²) in [4.78, 5) is 25.1. The molecule has 6 nitrogen and oxygen atoms in total. The molecule has 1 unspecified atom stereocenters. The van der Waals surface area contributed by atoms with Crippen LogP contribution in [0.25, 0.3) is 11.4 Å². The molecule has 0 aliphatic rings. The van der Waals surface area contributed by atoms with Gasteiger partial charge >= 0.3 is 12.4 Å². The Bertz CT molecular complexity index is 1110. The molecule has 1 aromatic carbocycles. The third kappa shape index (κ3) is 5.57. The Balaban J connectivity index is 1.93. The Hall–Kier alpha value is -3.70. The zero-order valence-electron chi connectivity index (χ0n) is 17.1. The Morgan fingerprint density at radius 2 is 1.55 bits per heavy atom. The van der Waals surface area contributed by atoms with Crippen LogP contribution in [-0.4, -0.2) is 28.0 Å². The van der Waals surface area contributed by atoms with Gasteiger partial charge in [-0.2, -0.15) is 26.3 Å². The van der Waals surface area contributed by atoms with Crippen LogP contribution >= 0.6 is 0 Å². The highest BCUT2D eigenvalue weighted by atomic mass is 19.4. The summed E-state index contributed by atoms with van der Waals surface area (Å²) in [5.74, 6) is -0.658. The fourth-order valence-electron chi connectivity index (χ4n) is 2.94. The van der Waals surface area contributed by atoms with Crippen LogP contribution in [0.1, 0.15) is 40.1 Å². The fraction of sp³-hybridized carbons (Fsp3) is 0.238. The molecule has 0 aliphatic heterocycles. The van der Waals surface area contributed by atoms with Crippen molar-refractivity contribution >= 4 is 5.91 Å². The number of halogens is 6. The van der Waals surface area contributed by atoms with Gasteiger partial charge in [0.2, 0.25) is 0 Å². The first kappa shape index (κ1) is 24.0. The van der Waals surface area contributed by atoms with Crippen molar-refractivity contribution in [3.8, 4) is 17.1 Å². The summed E-state index contributed by atoms with van der Waals surface area (Å²) in [6, 6.07) is 2.96. The van der Waals surface area contributed by atoms with Gasteiger partial charge in [0, 0.05) is 18.0 Å². The van der Waals surface area contributed by atoms with Crippen LogP contribution < -0.4 is 10.1 Å². The lowest BCUT2D eigenvalue weighted by molar-refractivity contribution is -0.143. The number of rotatable bonds is 5. The second-order valence-corrected chi connectivity index (χ2v) is 6.86. The zero-order chi connectivity index (χ0) is 24.4. The van der Waals surface area contributed by atoms with Gasteiger partial charge < -0.3 is 10.1 Å². The molecule has 1 N–H and O–H groups in total. The molecule has 1 atom stereocenters. The number of hydrogen-bond acceptors (Lipinski definition) is 5. The van der Waals surface area contributed by atoms with E-state index < -0.39 is 41.0 Å². The van der Waals surface area contributed by atoms with Crippen molar-refractivity contribution in [2.24, 2.45) is 0 Å². The number of nitrogens with zero attached hydrogens (tertiary/aromatic N) is 3. The van der Waals surface area contributed by atoms with Crippen molar-refractivity contribution in [1.82, 2.24) is 20.3 Å². The van der Waals surface area contributed by atoms with E-state index in [1.54, 1.807) is 12.1 Å². The molecule has 12 heteroatoms. The molecule has 174 valence electrons. The van der Waals surface area contributed by atoms with Gasteiger partial charge in [0.05, 0.1) is 41.9 Å². The first-order valence-corrected chi connectivity index (χ1v) is 9.32. The maximum Gasteiger partial charge on any atom is 0.416 e. The van der Waals surface area contributed by atoms with Crippen molar-refractivity contribution in [3.63, 3.8) is 0 Å². The number of hydrogen-bond donors (Lipinski definition) is 1. The molecule has 0 bridgehead atoms.